The highest BCUT2D eigenvalue weighted by Crippen LogP contribution is 2.29. The van der Waals surface area contributed by atoms with Crippen LogP contribution in [-0.2, 0) is 13.1 Å². The van der Waals surface area contributed by atoms with E-state index in [9.17, 15) is 9.50 Å². The molecule has 6 heteroatoms. The second-order valence-electron chi connectivity index (χ2n) is 7.78. The van der Waals surface area contributed by atoms with Crippen LogP contribution in [0, 0.1) is 5.82 Å². The lowest BCUT2D eigenvalue weighted by Gasteiger charge is -2.24. The van der Waals surface area contributed by atoms with Gasteiger partial charge in [0.25, 0.3) is 0 Å². The maximum atomic E-state index is 13.0. The van der Waals surface area contributed by atoms with Crippen molar-refractivity contribution in [1.29, 1.82) is 0 Å². The molecule has 0 saturated heterocycles. The smallest absolute Gasteiger partial charge is 0.161 e. The van der Waals surface area contributed by atoms with Crippen LogP contribution in [0.25, 0.3) is 0 Å². The van der Waals surface area contributed by atoms with E-state index in [4.69, 9.17) is 9.47 Å². The molecule has 0 aliphatic rings. The van der Waals surface area contributed by atoms with Crippen molar-refractivity contribution < 1.29 is 19.0 Å². The first-order valence-corrected chi connectivity index (χ1v) is 9.89. The number of benzene rings is 2. The second-order valence-corrected chi connectivity index (χ2v) is 7.78. The molecule has 2 aromatic rings. The second kappa shape index (κ2) is 11.1. The summed E-state index contributed by atoms with van der Waals surface area (Å²) in [6.07, 6.45) is -0.575. The zero-order chi connectivity index (χ0) is 21.4. The fraction of sp³-hybridized carbons (Fsp3) is 0.478. The van der Waals surface area contributed by atoms with E-state index in [0.29, 0.717) is 24.1 Å². The normalized spacial score (nSPS) is 12.6. The van der Waals surface area contributed by atoms with Crippen LogP contribution in [0.3, 0.4) is 0 Å². The highest BCUT2D eigenvalue weighted by atomic mass is 19.1. The summed E-state index contributed by atoms with van der Waals surface area (Å²) >= 11 is 0. The third kappa shape index (κ3) is 7.65. The molecule has 0 spiro atoms. The molecule has 160 valence electrons. The number of ether oxygens (including phenoxy) is 2. The van der Waals surface area contributed by atoms with Crippen LogP contribution in [0.5, 0.6) is 11.5 Å². The maximum absolute atomic E-state index is 13.0. The first-order chi connectivity index (χ1) is 13.8. The Morgan fingerprint density at radius 1 is 0.966 bits per heavy atom. The molecule has 2 aromatic carbocycles. The Morgan fingerprint density at radius 3 is 2.21 bits per heavy atom. The zero-order valence-electron chi connectivity index (χ0n) is 18.1. The Labute approximate surface area is 173 Å². The van der Waals surface area contributed by atoms with Gasteiger partial charge in [0.15, 0.2) is 11.5 Å². The van der Waals surface area contributed by atoms with Gasteiger partial charge in [0, 0.05) is 25.7 Å². The summed E-state index contributed by atoms with van der Waals surface area (Å²) in [5.41, 5.74) is 2.14. The van der Waals surface area contributed by atoms with E-state index >= 15 is 0 Å². The summed E-state index contributed by atoms with van der Waals surface area (Å²) in [6.45, 7) is 6.36. The Kier molecular flexibility index (Phi) is 8.89. The van der Waals surface area contributed by atoms with Crippen molar-refractivity contribution in [2.75, 3.05) is 34.4 Å². The van der Waals surface area contributed by atoms with E-state index in [0.717, 1.165) is 24.2 Å². The van der Waals surface area contributed by atoms with Gasteiger partial charge in [-0.2, -0.15) is 0 Å². The summed E-state index contributed by atoms with van der Waals surface area (Å²) in [6, 6.07) is 12.7. The number of nitrogens with zero attached hydrogens (tertiary/aromatic N) is 2. The average molecular weight is 405 g/mol. The van der Waals surface area contributed by atoms with Crippen molar-refractivity contribution in [3.63, 3.8) is 0 Å². The molecule has 1 atom stereocenters. The summed E-state index contributed by atoms with van der Waals surface area (Å²) in [5.74, 6) is 1.03. The van der Waals surface area contributed by atoms with Gasteiger partial charge in [0.1, 0.15) is 18.5 Å². The van der Waals surface area contributed by atoms with E-state index in [-0.39, 0.29) is 12.4 Å². The molecular formula is C23H33FN2O3. The molecule has 0 unspecified atom stereocenters. The third-order valence-electron chi connectivity index (χ3n) is 4.86. The van der Waals surface area contributed by atoms with Gasteiger partial charge in [0.2, 0.25) is 0 Å². The fourth-order valence-corrected chi connectivity index (χ4v) is 2.98. The fourth-order valence-electron chi connectivity index (χ4n) is 2.98. The number of methoxy groups -OCH3 is 1. The number of hydrogen-bond donors (Lipinski definition) is 1. The van der Waals surface area contributed by atoms with Crippen LogP contribution < -0.4 is 9.47 Å². The topological polar surface area (TPSA) is 45.2 Å². The Bertz CT molecular complexity index is 752. The van der Waals surface area contributed by atoms with Crippen molar-refractivity contribution in [3.05, 3.63) is 59.4 Å². The van der Waals surface area contributed by atoms with E-state index < -0.39 is 6.10 Å². The van der Waals surface area contributed by atoms with Gasteiger partial charge in [-0.05, 0) is 63.3 Å². The minimum absolute atomic E-state index is 0.206. The number of rotatable bonds is 11. The SMILES string of the molecule is COc1cc(CN(C)Cc2ccc(F)cc2)ccc1OC[C@@H](O)CN(C)C(C)C. The molecule has 29 heavy (non-hydrogen) atoms. The number of aliphatic hydroxyl groups excluding tert-OH is 1. The van der Waals surface area contributed by atoms with Crippen LogP contribution in [0.15, 0.2) is 42.5 Å². The Hall–Kier alpha value is -2.15. The lowest BCUT2D eigenvalue weighted by molar-refractivity contribution is 0.0668. The van der Waals surface area contributed by atoms with Gasteiger partial charge in [0.05, 0.1) is 7.11 Å². The lowest BCUT2D eigenvalue weighted by Crippen LogP contribution is -2.36. The van der Waals surface area contributed by atoms with Crippen LogP contribution in [0.4, 0.5) is 4.39 Å². The van der Waals surface area contributed by atoms with Gasteiger partial charge in [-0.15, -0.1) is 0 Å². The van der Waals surface area contributed by atoms with Gasteiger partial charge in [-0.1, -0.05) is 18.2 Å². The third-order valence-corrected chi connectivity index (χ3v) is 4.86. The predicted octanol–water partition coefficient (Wildman–Crippen LogP) is 3.55. The molecule has 2 rings (SSSR count). The van der Waals surface area contributed by atoms with Crippen LogP contribution in [0.2, 0.25) is 0 Å². The summed E-state index contributed by atoms with van der Waals surface area (Å²) in [7, 11) is 5.60. The van der Waals surface area contributed by atoms with Gasteiger partial charge in [-0.3, -0.25) is 4.90 Å². The molecule has 0 aliphatic carbocycles. The quantitative estimate of drug-likeness (QED) is 0.621. The molecule has 0 aliphatic heterocycles. The van der Waals surface area contributed by atoms with Crippen molar-refractivity contribution >= 4 is 0 Å². The largest absolute Gasteiger partial charge is 0.493 e. The van der Waals surface area contributed by atoms with Crippen LogP contribution in [-0.4, -0.2) is 61.4 Å². The van der Waals surface area contributed by atoms with Crippen molar-refractivity contribution in [1.82, 2.24) is 9.80 Å². The Morgan fingerprint density at radius 2 is 1.59 bits per heavy atom. The summed E-state index contributed by atoms with van der Waals surface area (Å²) in [5, 5.41) is 10.2. The van der Waals surface area contributed by atoms with Gasteiger partial charge >= 0.3 is 0 Å². The minimum atomic E-state index is -0.575. The molecule has 0 amide bonds. The molecule has 0 aromatic heterocycles. The first-order valence-electron chi connectivity index (χ1n) is 9.89. The van der Waals surface area contributed by atoms with E-state index in [1.807, 2.05) is 32.3 Å². The molecule has 0 radical (unpaired) electrons. The molecule has 1 N–H and O–H groups in total. The minimum Gasteiger partial charge on any atom is -0.493 e. The monoisotopic (exact) mass is 404 g/mol. The number of halogens is 1. The van der Waals surface area contributed by atoms with Crippen molar-refractivity contribution in [3.8, 4) is 11.5 Å². The molecule has 0 saturated carbocycles. The zero-order valence-corrected chi connectivity index (χ0v) is 18.1. The van der Waals surface area contributed by atoms with Gasteiger partial charge < -0.3 is 19.5 Å². The number of hydrogen-bond acceptors (Lipinski definition) is 5. The average Bonchev–Trinajstić information content (AvgIpc) is 2.68. The van der Waals surface area contributed by atoms with Crippen LogP contribution in [0.1, 0.15) is 25.0 Å². The molecule has 0 fully saturated rings. The van der Waals surface area contributed by atoms with E-state index in [1.54, 1.807) is 19.2 Å². The number of aliphatic hydroxyl groups is 1. The van der Waals surface area contributed by atoms with Gasteiger partial charge in [-0.25, -0.2) is 4.39 Å². The molecule has 0 bridgehead atoms. The van der Waals surface area contributed by atoms with E-state index in [1.165, 1.54) is 12.1 Å². The highest BCUT2D eigenvalue weighted by molar-refractivity contribution is 5.43. The number of likely N-dealkylation sites (N-methyl/N-ethyl adjacent to an activating group) is 1. The first kappa shape index (κ1) is 23.1. The summed E-state index contributed by atoms with van der Waals surface area (Å²) < 4.78 is 24.3. The van der Waals surface area contributed by atoms with Crippen molar-refractivity contribution in [2.24, 2.45) is 0 Å². The standard InChI is InChI=1S/C23H33FN2O3/c1-17(2)26(4)15-21(27)16-29-22-11-8-19(12-23(22)28-5)14-25(3)13-18-6-9-20(24)10-7-18/h6-12,17,21,27H,13-16H2,1-5H3/t21-/m0/s1. The summed E-state index contributed by atoms with van der Waals surface area (Å²) in [4.78, 5) is 4.22. The lowest BCUT2D eigenvalue weighted by atomic mass is 10.1. The maximum Gasteiger partial charge on any atom is 0.161 e. The molecular weight excluding hydrogens is 371 g/mol. The molecule has 5 nitrogen and oxygen atoms in total. The Balaban J connectivity index is 1.92. The molecule has 0 heterocycles. The van der Waals surface area contributed by atoms with E-state index in [2.05, 4.69) is 23.6 Å². The van der Waals surface area contributed by atoms with Crippen LogP contribution >= 0.6 is 0 Å². The highest BCUT2D eigenvalue weighted by Gasteiger charge is 2.14. The van der Waals surface area contributed by atoms with Crippen molar-refractivity contribution in [2.45, 2.75) is 39.1 Å². The predicted molar refractivity (Wildman–Crippen MR) is 114 cm³/mol.